The number of rotatable bonds is 5. The number of pyridine rings is 1. The van der Waals surface area contributed by atoms with Crippen molar-refractivity contribution in [1.29, 1.82) is 0 Å². The Kier molecular flexibility index (Phi) is 7.47. The Balaban J connectivity index is 0.00000325. The molecule has 0 unspecified atom stereocenters. The van der Waals surface area contributed by atoms with Gasteiger partial charge in [-0.15, -0.1) is 11.5 Å². The van der Waals surface area contributed by atoms with Crippen molar-refractivity contribution in [3.05, 3.63) is 140 Å². The van der Waals surface area contributed by atoms with Crippen LogP contribution < -0.4 is 20.2 Å². The second-order valence-electron chi connectivity index (χ2n) is 12.1. The summed E-state index contributed by atoms with van der Waals surface area (Å²) in [7, 11) is -0.0373. The standard InChI is InChI=1S/C39H32N4Si.Pt/c1-41-27-42(37-19-10-9-18-36(37)41)30-14-11-15-31(25-30)44(2,3)32-20-21-34-33-16-7-8-17-35(33)43(38(34)26-32)39-24-29(22-23-40-39)28-12-5-4-6-13-28;/h4-24H,27H2,1-3H3;/q-2;+2. The molecule has 0 saturated carbocycles. The van der Waals surface area contributed by atoms with E-state index in [0.29, 0.717) is 0 Å². The molecule has 0 radical (unpaired) electrons. The van der Waals surface area contributed by atoms with Gasteiger partial charge in [0.25, 0.3) is 0 Å². The summed E-state index contributed by atoms with van der Waals surface area (Å²) in [5.41, 5.74) is 8.11. The van der Waals surface area contributed by atoms with E-state index in [2.05, 4.69) is 168 Å². The van der Waals surface area contributed by atoms with Crippen molar-refractivity contribution in [3.8, 4) is 16.9 Å². The second-order valence-corrected chi connectivity index (χ2v) is 16.4. The zero-order valence-electron chi connectivity index (χ0n) is 25.4. The van der Waals surface area contributed by atoms with Gasteiger partial charge in [0.15, 0.2) is 0 Å². The maximum atomic E-state index is 4.88. The van der Waals surface area contributed by atoms with Crippen LogP contribution in [0, 0.1) is 12.1 Å². The van der Waals surface area contributed by atoms with Crippen molar-refractivity contribution in [2.75, 3.05) is 23.5 Å². The van der Waals surface area contributed by atoms with Gasteiger partial charge in [-0.2, -0.15) is 46.8 Å². The maximum absolute atomic E-state index is 4.88. The number of aromatic nitrogens is 2. The fourth-order valence-electron chi connectivity index (χ4n) is 6.56. The van der Waals surface area contributed by atoms with E-state index in [-0.39, 0.29) is 21.1 Å². The molecule has 0 saturated heterocycles. The fraction of sp³-hybridized carbons (Fsp3) is 0.103. The van der Waals surface area contributed by atoms with Gasteiger partial charge in [-0.25, -0.2) is 4.98 Å². The summed E-state index contributed by atoms with van der Waals surface area (Å²) < 4.78 is 2.28. The molecular formula is C39H32N4PtSi. The molecule has 5 aromatic carbocycles. The van der Waals surface area contributed by atoms with Gasteiger partial charge in [0.05, 0.1) is 26.1 Å². The first-order valence-corrected chi connectivity index (χ1v) is 18.1. The third-order valence-corrected chi connectivity index (χ3v) is 12.3. The van der Waals surface area contributed by atoms with Crippen LogP contribution in [0.1, 0.15) is 0 Å². The maximum Gasteiger partial charge on any atom is 2.00 e. The molecule has 6 heteroatoms. The van der Waals surface area contributed by atoms with Crippen LogP contribution >= 0.6 is 0 Å². The molecule has 8 rings (SSSR count). The van der Waals surface area contributed by atoms with Gasteiger partial charge in [0.2, 0.25) is 0 Å². The number of hydrogen-bond acceptors (Lipinski definition) is 3. The van der Waals surface area contributed by atoms with Crippen LogP contribution in [0.5, 0.6) is 0 Å². The fourth-order valence-corrected chi connectivity index (χ4v) is 8.73. The third-order valence-electron chi connectivity index (χ3n) is 9.02. The van der Waals surface area contributed by atoms with Gasteiger partial charge >= 0.3 is 21.1 Å². The van der Waals surface area contributed by atoms with Crippen LogP contribution in [0.2, 0.25) is 13.1 Å². The van der Waals surface area contributed by atoms with Crippen LogP contribution in [0.15, 0.2) is 128 Å². The van der Waals surface area contributed by atoms with Crippen molar-refractivity contribution in [2.24, 2.45) is 0 Å². The van der Waals surface area contributed by atoms with Gasteiger partial charge in [0, 0.05) is 18.8 Å². The molecule has 222 valence electrons. The minimum Gasteiger partial charge on any atom is -0.355 e. The van der Waals surface area contributed by atoms with Gasteiger partial charge in [0.1, 0.15) is 5.82 Å². The molecule has 1 aliphatic rings. The zero-order valence-corrected chi connectivity index (χ0v) is 28.7. The van der Waals surface area contributed by atoms with Crippen LogP contribution in [-0.2, 0) is 21.1 Å². The minimum atomic E-state index is -2.19. The Bertz CT molecular complexity index is 2170. The molecule has 0 N–H and O–H groups in total. The average molecular weight is 780 g/mol. The van der Waals surface area contributed by atoms with E-state index in [0.717, 1.165) is 34.8 Å². The molecule has 0 atom stereocenters. The Morgan fingerprint density at radius 1 is 0.667 bits per heavy atom. The predicted molar refractivity (Wildman–Crippen MR) is 187 cm³/mol. The molecule has 0 fully saturated rings. The number of anilines is 3. The van der Waals surface area contributed by atoms with E-state index in [1.165, 1.54) is 38.1 Å². The summed E-state index contributed by atoms with van der Waals surface area (Å²) in [6.07, 6.45) is 1.91. The van der Waals surface area contributed by atoms with Crippen LogP contribution in [-0.4, -0.2) is 31.3 Å². The Morgan fingerprint density at radius 2 is 1.40 bits per heavy atom. The number of fused-ring (bicyclic) bond motifs is 4. The molecular weight excluding hydrogens is 748 g/mol. The number of nitrogens with zero attached hydrogens (tertiary/aromatic N) is 4. The minimum absolute atomic E-state index is 0. The first-order chi connectivity index (χ1) is 21.5. The van der Waals surface area contributed by atoms with E-state index in [9.17, 15) is 0 Å². The zero-order chi connectivity index (χ0) is 29.8. The Hall–Kier alpha value is -4.44. The predicted octanol–water partition coefficient (Wildman–Crippen LogP) is 7.81. The smallest absolute Gasteiger partial charge is 0.355 e. The second kappa shape index (κ2) is 11.5. The third kappa shape index (κ3) is 4.91. The van der Waals surface area contributed by atoms with Gasteiger partial charge in [-0.1, -0.05) is 85.0 Å². The summed E-state index contributed by atoms with van der Waals surface area (Å²) in [6, 6.07) is 51.0. The normalized spacial score (nSPS) is 12.9. The van der Waals surface area contributed by atoms with E-state index in [1.54, 1.807) is 0 Å². The summed E-state index contributed by atoms with van der Waals surface area (Å²) in [6.45, 7) is 5.63. The van der Waals surface area contributed by atoms with Crippen LogP contribution in [0.4, 0.5) is 17.1 Å². The van der Waals surface area contributed by atoms with E-state index in [1.807, 2.05) is 6.20 Å². The quantitative estimate of drug-likeness (QED) is 0.132. The van der Waals surface area contributed by atoms with E-state index in [4.69, 9.17) is 4.98 Å². The van der Waals surface area contributed by atoms with E-state index < -0.39 is 8.07 Å². The molecule has 3 heterocycles. The molecule has 0 aliphatic carbocycles. The van der Waals surface area contributed by atoms with E-state index >= 15 is 0 Å². The SMILES string of the molecule is CN1CN(c2[c-]c([Si](C)(C)c3[c-]c4c(cc3)c3ccccc3n4-c3cc(-c4ccccc4)ccn3)ccc2)c2ccccc21.[Pt+2]. The molecule has 1 aliphatic heterocycles. The van der Waals surface area contributed by atoms with Crippen molar-refractivity contribution in [1.82, 2.24) is 9.55 Å². The first-order valence-electron chi connectivity index (χ1n) is 15.1. The van der Waals surface area contributed by atoms with Crippen LogP contribution in [0.25, 0.3) is 38.8 Å². The largest absolute Gasteiger partial charge is 2.00 e. The first kappa shape index (κ1) is 29.3. The van der Waals surface area contributed by atoms with Gasteiger partial charge in [-0.3, -0.25) is 0 Å². The van der Waals surface area contributed by atoms with Crippen molar-refractivity contribution >= 4 is 57.3 Å². The summed E-state index contributed by atoms with van der Waals surface area (Å²) >= 11 is 0. The monoisotopic (exact) mass is 779 g/mol. The summed E-state index contributed by atoms with van der Waals surface area (Å²) in [4.78, 5) is 9.53. The molecule has 4 nitrogen and oxygen atoms in total. The Labute approximate surface area is 279 Å². The molecule has 0 amide bonds. The molecule has 0 spiro atoms. The summed E-state index contributed by atoms with van der Waals surface area (Å²) in [5.74, 6) is 0.899. The van der Waals surface area contributed by atoms with Crippen LogP contribution in [0.3, 0.4) is 0 Å². The number of benzene rings is 5. The van der Waals surface area contributed by atoms with Gasteiger partial charge < -0.3 is 14.4 Å². The average Bonchev–Trinajstić information content (AvgIpc) is 3.59. The van der Waals surface area contributed by atoms with Gasteiger partial charge in [-0.05, 0) is 46.8 Å². The molecule has 45 heavy (non-hydrogen) atoms. The van der Waals surface area contributed by atoms with Crippen molar-refractivity contribution in [3.63, 3.8) is 0 Å². The van der Waals surface area contributed by atoms with Crippen molar-refractivity contribution in [2.45, 2.75) is 13.1 Å². The summed E-state index contributed by atoms with van der Waals surface area (Å²) in [5, 5.41) is 4.92. The molecule has 7 aromatic rings. The Morgan fingerprint density at radius 3 is 2.24 bits per heavy atom. The number of para-hydroxylation sites is 3. The number of hydrogen-bond donors (Lipinski definition) is 0. The molecule has 2 aromatic heterocycles. The topological polar surface area (TPSA) is 24.3 Å². The molecule has 0 bridgehead atoms. The van der Waals surface area contributed by atoms with Crippen molar-refractivity contribution < 1.29 is 21.1 Å².